The van der Waals surface area contributed by atoms with Gasteiger partial charge in [-0.3, -0.25) is 9.59 Å². The third kappa shape index (κ3) is 3.43. The quantitative estimate of drug-likeness (QED) is 0.767. The lowest BCUT2D eigenvalue weighted by Gasteiger charge is -2.12. The van der Waals surface area contributed by atoms with Crippen molar-refractivity contribution in [2.75, 3.05) is 13.7 Å². The molecule has 3 rings (SSSR count). The molecule has 2 heterocycles. The summed E-state index contributed by atoms with van der Waals surface area (Å²) in [5, 5.41) is 13.5. The molecule has 0 radical (unpaired) electrons. The van der Waals surface area contributed by atoms with Gasteiger partial charge in [0.15, 0.2) is 5.82 Å². The van der Waals surface area contributed by atoms with E-state index < -0.39 is 0 Å². The zero-order valence-corrected chi connectivity index (χ0v) is 13.4. The Hall–Kier alpha value is -2.74. The molecule has 126 valence electrons. The zero-order valence-electron chi connectivity index (χ0n) is 13.4. The number of rotatable bonds is 7. The molecule has 24 heavy (non-hydrogen) atoms. The molecule has 2 amide bonds. The van der Waals surface area contributed by atoms with Gasteiger partial charge in [0.05, 0.1) is 25.6 Å². The van der Waals surface area contributed by atoms with Crippen molar-refractivity contribution in [2.24, 2.45) is 0 Å². The average Bonchev–Trinajstić information content (AvgIpc) is 3.16. The van der Waals surface area contributed by atoms with Gasteiger partial charge in [-0.25, -0.2) is 0 Å². The number of ether oxygens (including phenoxy) is 1. The van der Waals surface area contributed by atoms with Gasteiger partial charge < -0.3 is 19.9 Å². The highest BCUT2D eigenvalue weighted by Gasteiger charge is 2.29. The first-order valence-corrected chi connectivity index (χ1v) is 7.71. The number of carbonyl (C=O) groups is 2. The number of carbonyl (C=O) groups excluding carboxylic acids is 2. The Morgan fingerprint density at radius 1 is 1.42 bits per heavy atom. The van der Waals surface area contributed by atoms with Crippen LogP contribution in [0.5, 0.6) is 0 Å². The van der Waals surface area contributed by atoms with E-state index in [4.69, 9.17) is 4.74 Å². The number of fused-ring (bicyclic) bond motifs is 1. The smallest absolute Gasteiger partial charge is 0.252 e. The van der Waals surface area contributed by atoms with Gasteiger partial charge >= 0.3 is 0 Å². The lowest BCUT2D eigenvalue weighted by atomic mass is 10.0. The maximum Gasteiger partial charge on any atom is 0.252 e. The molecule has 2 aromatic rings. The van der Waals surface area contributed by atoms with Gasteiger partial charge in [-0.15, -0.1) is 10.2 Å². The summed E-state index contributed by atoms with van der Waals surface area (Å²) in [4.78, 5) is 24.1. The van der Waals surface area contributed by atoms with Gasteiger partial charge in [0.1, 0.15) is 6.33 Å². The van der Waals surface area contributed by atoms with E-state index in [-0.39, 0.29) is 30.8 Å². The molecule has 0 fully saturated rings. The molecule has 1 aromatic carbocycles. The molecule has 0 bridgehead atoms. The summed E-state index contributed by atoms with van der Waals surface area (Å²) in [7, 11) is 1.62. The first kappa shape index (κ1) is 16.1. The van der Waals surface area contributed by atoms with Crippen molar-refractivity contribution in [2.45, 2.75) is 25.6 Å². The van der Waals surface area contributed by atoms with Crippen molar-refractivity contribution in [3.8, 4) is 0 Å². The number of hydrogen-bond acceptors (Lipinski definition) is 5. The van der Waals surface area contributed by atoms with Crippen LogP contribution in [0.1, 0.15) is 34.2 Å². The van der Waals surface area contributed by atoms with Gasteiger partial charge in [-0.05, 0) is 11.6 Å². The van der Waals surface area contributed by atoms with Crippen molar-refractivity contribution < 1.29 is 14.3 Å². The predicted octanol–water partition coefficient (Wildman–Crippen LogP) is 0.415. The number of hydrogen-bond donors (Lipinski definition) is 2. The summed E-state index contributed by atoms with van der Waals surface area (Å²) in [6.07, 6.45) is 1.79. The maximum absolute atomic E-state index is 12.2. The first-order valence-electron chi connectivity index (χ1n) is 7.71. The summed E-state index contributed by atoms with van der Waals surface area (Å²) in [6, 6.07) is 7.02. The first-order chi connectivity index (χ1) is 11.7. The number of nitrogens with zero attached hydrogens (tertiary/aromatic N) is 3. The Labute approximate surface area is 139 Å². The number of amides is 2. The molecule has 1 aliphatic rings. The summed E-state index contributed by atoms with van der Waals surface area (Å²) in [5.74, 6) is 0.372. The molecule has 1 aromatic heterocycles. The summed E-state index contributed by atoms with van der Waals surface area (Å²) >= 11 is 0. The third-order valence-electron chi connectivity index (χ3n) is 3.95. The van der Waals surface area contributed by atoms with Crippen LogP contribution in [0.2, 0.25) is 0 Å². The number of methoxy groups -OCH3 is 1. The number of benzene rings is 1. The van der Waals surface area contributed by atoms with Gasteiger partial charge in [-0.2, -0.15) is 0 Å². The minimum absolute atomic E-state index is 0.136. The number of aromatic nitrogens is 3. The van der Waals surface area contributed by atoms with Crippen molar-refractivity contribution in [3.05, 3.63) is 47.5 Å². The molecular weight excluding hydrogens is 310 g/mol. The zero-order chi connectivity index (χ0) is 16.9. The van der Waals surface area contributed by atoms with Crippen LogP contribution in [0.3, 0.4) is 0 Å². The van der Waals surface area contributed by atoms with Crippen LogP contribution in [0, 0.1) is 0 Å². The van der Waals surface area contributed by atoms with Gasteiger partial charge in [0.25, 0.3) is 5.91 Å². The van der Waals surface area contributed by atoms with Crippen LogP contribution in [0.15, 0.2) is 30.6 Å². The van der Waals surface area contributed by atoms with Gasteiger partial charge in [0.2, 0.25) is 5.91 Å². The highest BCUT2D eigenvalue weighted by Crippen LogP contribution is 2.27. The molecule has 0 aliphatic carbocycles. The van der Waals surface area contributed by atoms with Crippen LogP contribution in [-0.4, -0.2) is 40.3 Å². The van der Waals surface area contributed by atoms with Crippen molar-refractivity contribution in [3.63, 3.8) is 0 Å². The lowest BCUT2D eigenvalue weighted by molar-refractivity contribution is -0.121. The molecule has 1 atom stereocenters. The van der Waals surface area contributed by atoms with E-state index in [1.54, 1.807) is 19.5 Å². The van der Waals surface area contributed by atoms with E-state index in [0.29, 0.717) is 24.5 Å². The molecule has 2 N–H and O–H groups in total. The van der Waals surface area contributed by atoms with Crippen LogP contribution in [-0.2, 0) is 22.6 Å². The van der Waals surface area contributed by atoms with E-state index >= 15 is 0 Å². The Bertz CT molecular complexity index is 743. The number of nitrogens with one attached hydrogen (secondary N) is 2. The summed E-state index contributed by atoms with van der Waals surface area (Å²) < 4.78 is 6.85. The van der Waals surface area contributed by atoms with E-state index in [9.17, 15) is 9.59 Å². The fraction of sp³-hybridized carbons (Fsp3) is 0.375. The largest absolute Gasteiger partial charge is 0.383 e. The fourth-order valence-electron chi connectivity index (χ4n) is 2.71. The second kappa shape index (κ2) is 7.22. The SMILES string of the molecule is COCCn1cnnc1CNC(=O)C[C@H]1NC(=O)c2ccccc21. The van der Waals surface area contributed by atoms with Gasteiger partial charge in [-0.1, -0.05) is 18.2 Å². The van der Waals surface area contributed by atoms with Crippen LogP contribution in [0.25, 0.3) is 0 Å². The molecule has 0 unspecified atom stereocenters. The van der Waals surface area contributed by atoms with Gasteiger partial charge in [0, 0.05) is 19.2 Å². The van der Waals surface area contributed by atoms with E-state index in [2.05, 4.69) is 20.8 Å². The molecule has 0 saturated heterocycles. The highest BCUT2D eigenvalue weighted by molar-refractivity contribution is 5.99. The summed E-state index contributed by atoms with van der Waals surface area (Å²) in [6.45, 7) is 1.45. The standard InChI is InChI=1S/C16H19N5O3/c1-24-7-6-21-10-18-20-14(21)9-17-15(22)8-13-11-4-2-3-5-12(11)16(23)19-13/h2-5,10,13H,6-9H2,1H3,(H,17,22)(H,19,23)/t13-/m1/s1. The molecule has 8 heteroatoms. The van der Waals surface area contributed by atoms with Crippen LogP contribution < -0.4 is 10.6 Å². The Morgan fingerprint density at radius 3 is 3.08 bits per heavy atom. The lowest BCUT2D eigenvalue weighted by Crippen LogP contribution is -2.29. The Kier molecular flexibility index (Phi) is 4.85. The molecule has 8 nitrogen and oxygen atoms in total. The average molecular weight is 329 g/mol. The second-order valence-corrected chi connectivity index (χ2v) is 5.53. The molecular formula is C16H19N5O3. The second-order valence-electron chi connectivity index (χ2n) is 5.53. The van der Waals surface area contributed by atoms with E-state index in [1.807, 2.05) is 22.8 Å². The minimum Gasteiger partial charge on any atom is -0.383 e. The molecule has 0 spiro atoms. The van der Waals surface area contributed by atoms with Crippen molar-refractivity contribution in [1.29, 1.82) is 0 Å². The highest BCUT2D eigenvalue weighted by atomic mass is 16.5. The third-order valence-corrected chi connectivity index (χ3v) is 3.95. The minimum atomic E-state index is -0.292. The Balaban J connectivity index is 1.56. The van der Waals surface area contributed by atoms with Crippen LogP contribution >= 0.6 is 0 Å². The topological polar surface area (TPSA) is 98.1 Å². The predicted molar refractivity (Wildman–Crippen MR) is 85.0 cm³/mol. The molecule has 0 saturated carbocycles. The van der Waals surface area contributed by atoms with Crippen molar-refractivity contribution in [1.82, 2.24) is 25.4 Å². The van der Waals surface area contributed by atoms with Crippen molar-refractivity contribution >= 4 is 11.8 Å². The van der Waals surface area contributed by atoms with E-state index in [0.717, 1.165) is 5.56 Å². The van der Waals surface area contributed by atoms with Crippen LogP contribution in [0.4, 0.5) is 0 Å². The van der Waals surface area contributed by atoms with E-state index in [1.165, 1.54) is 0 Å². The fourth-order valence-corrected chi connectivity index (χ4v) is 2.71. The monoisotopic (exact) mass is 329 g/mol. The normalized spacial score (nSPS) is 15.9. The maximum atomic E-state index is 12.2. The Morgan fingerprint density at radius 2 is 2.25 bits per heavy atom. The summed E-state index contributed by atoms with van der Waals surface area (Å²) in [5.41, 5.74) is 1.50. The molecule has 1 aliphatic heterocycles.